The van der Waals surface area contributed by atoms with Crippen LogP contribution in [0.1, 0.15) is 6.92 Å². The molecule has 2 N–H and O–H groups in total. The summed E-state index contributed by atoms with van der Waals surface area (Å²) < 4.78 is 0. The second kappa shape index (κ2) is 5.63. The van der Waals surface area contributed by atoms with Crippen LogP contribution in [0.2, 0.25) is 0 Å². The third kappa shape index (κ3) is 3.02. The summed E-state index contributed by atoms with van der Waals surface area (Å²) in [4.78, 5) is 13.7. The van der Waals surface area contributed by atoms with Crippen LogP contribution in [-0.2, 0) is 4.79 Å². The highest BCUT2D eigenvalue weighted by molar-refractivity contribution is 5.81. The Morgan fingerprint density at radius 1 is 1.64 bits per heavy atom. The SMILES string of the molecule is C#CCNC(=O)[C@H](C)N1CCNCC1. The van der Waals surface area contributed by atoms with Crippen molar-refractivity contribution in [2.45, 2.75) is 13.0 Å². The number of amides is 1. The first-order valence-corrected chi connectivity index (χ1v) is 4.91. The Balaban J connectivity index is 2.35. The molecule has 0 aromatic rings. The van der Waals surface area contributed by atoms with Gasteiger partial charge in [0.25, 0.3) is 0 Å². The first-order valence-electron chi connectivity index (χ1n) is 4.91. The van der Waals surface area contributed by atoms with Gasteiger partial charge in [0.1, 0.15) is 0 Å². The van der Waals surface area contributed by atoms with Crippen LogP contribution >= 0.6 is 0 Å². The van der Waals surface area contributed by atoms with Crippen molar-refractivity contribution in [2.24, 2.45) is 0 Å². The monoisotopic (exact) mass is 195 g/mol. The van der Waals surface area contributed by atoms with Gasteiger partial charge in [0.05, 0.1) is 12.6 Å². The molecule has 1 aliphatic heterocycles. The zero-order valence-electron chi connectivity index (χ0n) is 8.55. The lowest BCUT2D eigenvalue weighted by atomic mass is 10.2. The number of rotatable bonds is 3. The van der Waals surface area contributed by atoms with Crippen molar-refractivity contribution in [3.05, 3.63) is 0 Å². The molecule has 1 aliphatic rings. The quantitative estimate of drug-likeness (QED) is 0.570. The van der Waals surface area contributed by atoms with E-state index >= 15 is 0 Å². The van der Waals surface area contributed by atoms with E-state index in [1.54, 1.807) is 0 Å². The van der Waals surface area contributed by atoms with Gasteiger partial charge in [0.15, 0.2) is 0 Å². The van der Waals surface area contributed by atoms with E-state index in [2.05, 4.69) is 21.5 Å². The summed E-state index contributed by atoms with van der Waals surface area (Å²) in [5, 5.41) is 5.94. The van der Waals surface area contributed by atoms with Crippen molar-refractivity contribution in [3.63, 3.8) is 0 Å². The van der Waals surface area contributed by atoms with Gasteiger partial charge in [-0.05, 0) is 6.92 Å². The number of hydrogen-bond acceptors (Lipinski definition) is 3. The Hall–Kier alpha value is -1.05. The molecule has 78 valence electrons. The van der Waals surface area contributed by atoms with Crippen LogP contribution < -0.4 is 10.6 Å². The molecule has 1 atom stereocenters. The maximum atomic E-state index is 11.5. The normalized spacial score (nSPS) is 19.7. The van der Waals surface area contributed by atoms with Crippen LogP contribution in [0.25, 0.3) is 0 Å². The minimum atomic E-state index is -0.0783. The average Bonchev–Trinajstić information content (AvgIpc) is 2.26. The highest BCUT2D eigenvalue weighted by Crippen LogP contribution is 2.00. The predicted molar refractivity (Wildman–Crippen MR) is 55.7 cm³/mol. The van der Waals surface area contributed by atoms with Crippen molar-refractivity contribution < 1.29 is 4.79 Å². The lowest BCUT2D eigenvalue weighted by Crippen LogP contribution is -2.52. The number of carbonyl (C=O) groups excluding carboxylic acids is 1. The first-order chi connectivity index (χ1) is 6.75. The molecule has 0 unspecified atom stereocenters. The molecule has 0 aromatic carbocycles. The van der Waals surface area contributed by atoms with Crippen LogP contribution in [0, 0.1) is 12.3 Å². The van der Waals surface area contributed by atoms with Crippen LogP contribution in [0.15, 0.2) is 0 Å². The number of nitrogens with zero attached hydrogens (tertiary/aromatic N) is 1. The van der Waals surface area contributed by atoms with Gasteiger partial charge in [-0.25, -0.2) is 0 Å². The molecule has 0 aliphatic carbocycles. The molecule has 0 radical (unpaired) electrons. The number of carbonyl (C=O) groups is 1. The van der Waals surface area contributed by atoms with Crippen molar-refractivity contribution in [1.29, 1.82) is 0 Å². The summed E-state index contributed by atoms with van der Waals surface area (Å²) >= 11 is 0. The van der Waals surface area contributed by atoms with Gasteiger partial charge in [-0.15, -0.1) is 6.42 Å². The maximum Gasteiger partial charge on any atom is 0.237 e. The molecule has 0 spiro atoms. The lowest BCUT2D eigenvalue weighted by Gasteiger charge is -2.31. The smallest absolute Gasteiger partial charge is 0.237 e. The van der Waals surface area contributed by atoms with Gasteiger partial charge in [0.2, 0.25) is 5.91 Å². The fraction of sp³-hybridized carbons (Fsp3) is 0.700. The molecule has 4 heteroatoms. The van der Waals surface area contributed by atoms with Gasteiger partial charge >= 0.3 is 0 Å². The van der Waals surface area contributed by atoms with Crippen LogP contribution in [0.4, 0.5) is 0 Å². The molecule has 0 bridgehead atoms. The minimum absolute atomic E-state index is 0.0184. The third-order valence-electron chi connectivity index (χ3n) is 2.44. The van der Waals surface area contributed by atoms with Gasteiger partial charge in [-0.2, -0.15) is 0 Å². The largest absolute Gasteiger partial charge is 0.344 e. The summed E-state index contributed by atoms with van der Waals surface area (Å²) in [6.45, 7) is 5.97. The van der Waals surface area contributed by atoms with Crippen LogP contribution in [0.3, 0.4) is 0 Å². The van der Waals surface area contributed by atoms with Gasteiger partial charge in [-0.3, -0.25) is 9.69 Å². The minimum Gasteiger partial charge on any atom is -0.344 e. The molecule has 1 heterocycles. The van der Waals surface area contributed by atoms with E-state index in [0.717, 1.165) is 26.2 Å². The number of terminal acetylenes is 1. The van der Waals surface area contributed by atoms with E-state index < -0.39 is 0 Å². The van der Waals surface area contributed by atoms with Gasteiger partial charge in [0, 0.05) is 26.2 Å². The topological polar surface area (TPSA) is 44.4 Å². The van der Waals surface area contributed by atoms with Crippen LogP contribution in [-0.4, -0.2) is 49.6 Å². The van der Waals surface area contributed by atoms with E-state index in [1.165, 1.54) is 0 Å². The standard InChI is InChI=1S/C10H17N3O/c1-3-4-12-10(14)9(2)13-7-5-11-6-8-13/h1,9,11H,4-8H2,2H3,(H,12,14)/t9-/m0/s1. The summed E-state index contributed by atoms with van der Waals surface area (Å²) in [6.07, 6.45) is 5.07. The Labute approximate surface area is 85.0 Å². The van der Waals surface area contributed by atoms with Crippen molar-refractivity contribution in [2.75, 3.05) is 32.7 Å². The number of nitrogens with one attached hydrogen (secondary N) is 2. The molecule has 14 heavy (non-hydrogen) atoms. The lowest BCUT2D eigenvalue weighted by molar-refractivity contribution is -0.125. The highest BCUT2D eigenvalue weighted by Gasteiger charge is 2.21. The van der Waals surface area contributed by atoms with E-state index in [-0.39, 0.29) is 11.9 Å². The molecule has 1 rings (SSSR count). The van der Waals surface area contributed by atoms with Crippen molar-refractivity contribution in [1.82, 2.24) is 15.5 Å². The second-order valence-corrected chi connectivity index (χ2v) is 3.38. The summed E-state index contributed by atoms with van der Waals surface area (Å²) in [5.41, 5.74) is 0. The molecular formula is C10H17N3O. The zero-order chi connectivity index (χ0) is 10.4. The molecule has 1 fully saturated rings. The summed E-state index contributed by atoms with van der Waals surface area (Å²) in [6, 6.07) is -0.0783. The van der Waals surface area contributed by atoms with E-state index in [4.69, 9.17) is 6.42 Å². The fourth-order valence-electron chi connectivity index (χ4n) is 1.52. The first kappa shape index (κ1) is 11.0. The van der Waals surface area contributed by atoms with Gasteiger partial charge in [-0.1, -0.05) is 5.92 Å². The van der Waals surface area contributed by atoms with Crippen molar-refractivity contribution in [3.8, 4) is 12.3 Å². The Bertz CT molecular complexity index is 228. The number of hydrogen-bond donors (Lipinski definition) is 2. The molecular weight excluding hydrogens is 178 g/mol. The third-order valence-corrected chi connectivity index (χ3v) is 2.44. The molecule has 0 saturated carbocycles. The summed E-state index contributed by atoms with van der Waals surface area (Å²) in [5.74, 6) is 2.41. The Morgan fingerprint density at radius 3 is 2.86 bits per heavy atom. The van der Waals surface area contributed by atoms with E-state index in [0.29, 0.717) is 6.54 Å². The van der Waals surface area contributed by atoms with Crippen molar-refractivity contribution >= 4 is 5.91 Å². The zero-order valence-corrected chi connectivity index (χ0v) is 8.55. The molecule has 1 saturated heterocycles. The Kier molecular flexibility index (Phi) is 4.44. The predicted octanol–water partition coefficient (Wildman–Crippen LogP) is -0.970. The van der Waals surface area contributed by atoms with E-state index in [1.807, 2.05) is 6.92 Å². The maximum absolute atomic E-state index is 11.5. The fourth-order valence-corrected chi connectivity index (χ4v) is 1.52. The molecule has 4 nitrogen and oxygen atoms in total. The second-order valence-electron chi connectivity index (χ2n) is 3.38. The van der Waals surface area contributed by atoms with E-state index in [9.17, 15) is 4.79 Å². The highest BCUT2D eigenvalue weighted by atomic mass is 16.2. The van der Waals surface area contributed by atoms with Crippen LogP contribution in [0.5, 0.6) is 0 Å². The average molecular weight is 195 g/mol. The van der Waals surface area contributed by atoms with Gasteiger partial charge < -0.3 is 10.6 Å². The summed E-state index contributed by atoms with van der Waals surface area (Å²) in [7, 11) is 0. The molecule has 1 amide bonds. The Morgan fingerprint density at radius 2 is 2.29 bits per heavy atom. The number of piperazine rings is 1. The molecule has 0 aromatic heterocycles.